The lowest BCUT2D eigenvalue weighted by Gasteiger charge is -2.17. The molecular formula is C23H18N4O2S. The van der Waals surface area contributed by atoms with Crippen molar-refractivity contribution in [2.75, 3.05) is 0 Å². The van der Waals surface area contributed by atoms with Gasteiger partial charge in [0.25, 0.3) is 11.1 Å². The second-order valence-corrected chi connectivity index (χ2v) is 8.78. The lowest BCUT2D eigenvalue weighted by atomic mass is 10.1. The number of aromatic nitrogens is 4. The molecule has 6 nitrogen and oxygen atoms in total. The van der Waals surface area contributed by atoms with Crippen LogP contribution in [-0.2, 0) is 12.8 Å². The maximum Gasteiger partial charge on any atom is 0.282 e. The number of nitrogens with zero attached hydrogens (tertiary/aromatic N) is 3. The van der Waals surface area contributed by atoms with Crippen molar-refractivity contribution in [3.05, 3.63) is 92.1 Å². The molecule has 0 aliphatic heterocycles. The summed E-state index contributed by atoms with van der Waals surface area (Å²) in [5.41, 5.74) is 4.39. The largest absolute Gasteiger partial charge is 0.308 e. The van der Waals surface area contributed by atoms with Crippen LogP contribution in [0.5, 0.6) is 0 Å². The number of hydrogen-bond donors (Lipinski definition) is 1. The highest BCUT2D eigenvalue weighted by molar-refractivity contribution is 7.20. The van der Waals surface area contributed by atoms with Gasteiger partial charge in [-0.05, 0) is 43.0 Å². The van der Waals surface area contributed by atoms with Gasteiger partial charge in [-0.25, -0.2) is 4.98 Å². The zero-order chi connectivity index (χ0) is 20.4. The van der Waals surface area contributed by atoms with Gasteiger partial charge in [0.15, 0.2) is 0 Å². The highest BCUT2D eigenvalue weighted by atomic mass is 32.1. The Morgan fingerprint density at radius 2 is 1.73 bits per heavy atom. The summed E-state index contributed by atoms with van der Waals surface area (Å²) in [6.07, 6.45) is 1.61. The van der Waals surface area contributed by atoms with E-state index in [2.05, 4.69) is 22.2 Å². The number of H-pyrrole nitrogens is 1. The van der Waals surface area contributed by atoms with E-state index in [9.17, 15) is 9.59 Å². The Bertz CT molecular complexity index is 1510. The van der Waals surface area contributed by atoms with Crippen LogP contribution in [0.25, 0.3) is 26.3 Å². The Hall–Kier alpha value is -3.45. The van der Waals surface area contributed by atoms with Crippen molar-refractivity contribution in [2.45, 2.75) is 25.8 Å². The molecule has 6 rings (SSSR count). The van der Waals surface area contributed by atoms with Gasteiger partial charge in [-0.2, -0.15) is 4.68 Å². The van der Waals surface area contributed by atoms with Gasteiger partial charge in [0.2, 0.25) is 5.13 Å². The molecule has 0 amide bonds. The SMILES string of the molecule is Cc1c2c(=O)n(-c3nc4ccccc4s3)[nH]c2cc(=O)n1C1Cc2ccccc2C1. The minimum absolute atomic E-state index is 0.0319. The minimum atomic E-state index is -0.175. The summed E-state index contributed by atoms with van der Waals surface area (Å²) in [6, 6.07) is 17.7. The molecule has 3 heterocycles. The lowest BCUT2D eigenvalue weighted by Crippen LogP contribution is -2.27. The number of nitrogens with one attached hydrogen (secondary N) is 1. The molecule has 3 aromatic heterocycles. The van der Waals surface area contributed by atoms with Gasteiger partial charge in [0.1, 0.15) is 0 Å². The minimum Gasteiger partial charge on any atom is -0.308 e. The van der Waals surface area contributed by atoms with Crippen LogP contribution < -0.4 is 11.1 Å². The number of hydrogen-bond acceptors (Lipinski definition) is 4. The molecule has 30 heavy (non-hydrogen) atoms. The molecule has 0 spiro atoms. The second kappa shape index (κ2) is 6.27. The number of para-hydroxylation sites is 1. The fraction of sp³-hybridized carbons (Fsp3) is 0.174. The number of aryl methyl sites for hydroxylation is 1. The van der Waals surface area contributed by atoms with E-state index in [1.54, 1.807) is 4.57 Å². The van der Waals surface area contributed by atoms with Gasteiger partial charge >= 0.3 is 0 Å². The maximum atomic E-state index is 13.3. The lowest BCUT2D eigenvalue weighted by molar-refractivity contribution is 0.503. The standard InChI is InChI=1S/C23H18N4O2S/c1-13-21-18(12-20(28)26(13)16-10-14-6-2-3-7-15(14)11-16)25-27(22(21)29)23-24-17-8-4-5-9-19(17)30-23/h2-9,12,16,25H,10-11H2,1H3. The van der Waals surface area contributed by atoms with Crippen molar-refractivity contribution in [2.24, 2.45) is 0 Å². The van der Waals surface area contributed by atoms with E-state index >= 15 is 0 Å². The van der Waals surface area contributed by atoms with E-state index in [0.717, 1.165) is 23.1 Å². The van der Waals surface area contributed by atoms with E-state index in [0.29, 0.717) is 21.7 Å². The maximum absolute atomic E-state index is 13.3. The van der Waals surface area contributed by atoms with Crippen LogP contribution in [0.15, 0.2) is 64.2 Å². The molecular weight excluding hydrogens is 396 g/mol. The number of rotatable bonds is 2. The molecule has 0 radical (unpaired) electrons. The number of fused-ring (bicyclic) bond motifs is 3. The quantitative estimate of drug-likeness (QED) is 0.478. The van der Waals surface area contributed by atoms with Gasteiger partial charge < -0.3 is 4.57 Å². The first kappa shape index (κ1) is 17.4. The average molecular weight is 414 g/mol. The Balaban J connectivity index is 1.52. The summed E-state index contributed by atoms with van der Waals surface area (Å²) >= 11 is 1.45. The van der Waals surface area contributed by atoms with Crippen molar-refractivity contribution < 1.29 is 0 Å². The molecule has 0 saturated carbocycles. The fourth-order valence-corrected chi connectivity index (χ4v) is 5.57. The van der Waals surface area contributed by atoms with Crippen molar-refractivity contribution in [1.82, 2.24) is 19.3 Å². The van der Waals surface area contributed by atoms with Gasteiger partial charge in [-0.3, -0.25) is 14.7 Å². The molecule has 0 atom stereocenters. The number of aromatic amines is 1. The van der Waals surface area contributed by atoms with Crippen molar-refractivity contribution in [3.63, 3.8) is 0 Å². The molecule has 0 saturated heterocycles. The summed E-state index contributed by atoms with van der Waals surface area (Å²) in [5.74, 6) is 0. The summed E-state index contributed by atoms with van der Waals surface area (Å²) < 4.78 is 4.26. The molecule has 0 bridgehead atoms. The molecule has 2 aromatic carbocycles. The first-order valence-corrected chi connectivity index (χ1v) is 10.7. The predicted molar refractivity (Wildman–Crippen MR) is 119 cm³/mol. The van der Waals surface area contributed by atoms with E-state index in [4.69, 9.17) is 0 Å². The van der Waals surface area contributed by atoms with Crippen LogP contribution in [0.3, 0.4) is 0 Å². The number of pyridine rings is 1. The zero-order valence-electron chi connectivity index (χ0n) is 16.3. The van der Waals surface area contributed by atoms with Crippen LogP contribution >= 0.6 is 11.3 Å². The fourth-order valence-electron chi connectivity index (χ4n) is 4.65. The van der Waals surface area contributed by atoms with Gasteiger partial charge in [-0.1, -0.05) is 47.7 Å². The molecule has 1 aliphatic carbocycles. The zero-order valence-corrected chi connectivity index (χ0v) is 17.1. The van der Waals surface area contributed by atoms with Crippen LogP contribution in [0.1, 0.15) is 22.9 Å². The van der Waals surface area contributed by atoms with Crippen LogP contribution in [0.2, 0.25) is 0 Å². The highest BCUT2D eigenvalue weighted by Gasteiger charge is 2.26. The Labute approximate surface area is 175 Å². The molecule has 7 heteroatoms. The van der Waals surface area contributed by atoms with E-state index in [1.807, 2.05) is 43.3 Å². The van der Waals surface area contributed by atoms with Crippen LogP contribution in [-0.4, -0.2) is 19.3 Å². The molecule has 0 fully saturated rings. The summed E-state index contributed by atoms with van der Waals surface area (Å²) in [6.45, 7) is 1.87. The summed E-state index contributed by atoms with van der Waals surface area (Å²) in [4.78, 5) is 30.9. The average Bonchev–Trinajstić information content (AvgIpc) is 3.42. The van der Waals surface area contributed by atoms with E-state index < -0.39 is 0 Å². The Morgan fingerprint density at radius 1 is 1.03 bits per heavy atom. The molecule has 0 unspecified atom stereocenters. The first-order chi connectivity index (χ1) is 14.6. The topological polar surface area (TPSA) is 72.7 Å². The molecule has 1 aliphatic rings. The van der Waals surface area contributed by atoms with Crippen molar-refractivity contribution in [3.8, 4) is 5.13 Å². The monoisotopic (exact) mass is 414 g/mol. The third-order valence-corrected chi connectivity index (χ3v) is 7.04. The molecule has 1 N–H and O–H groups in total. The number of benzene rings is 2. The predicted octanol–water partition coefficient (Wildman–Crippen LogP) is 3.74. The second-order valence-electron chi connectivity index (χ2n) is 7.77. The van der Waals surface area contributed by atoms with Crippen molar-refractivity contribution >= 4 is 32.5 Å². The van der Waals surface area contributed by atoms with Gasteiger partial charge in [0, 0.05) is 17.8 Å². The third kappa shape index (κ3) is 2.45. The van der Waals surface area contributed by atoms with Gasteiger partial charge in [0.05, 0.1) is 21.1 Å². The van der Waals surface area contributed by atoms with Crippen molar-refractivity contribution in [1.29, 1.82) is 0 Å². The van der Waals surface area contributed by atoms with Crippen LogP contribution in [0, 0.1) is 6.92 Å². The Kier molecular flexibility index (Phi) is 3.64. The van der Waals surface area contributed by atoms with Gasteiger partial charge in [-0.15, -0.1) is 0 Å². The third-order valence-electron chi connectivity index (χ3n) is 6.02. The summed E-state index contributed by atoms with van der Waals surface area (Å²) in [7, 11) is 0. The number of thiazole rings is 1. The molecule has 148 valence electrons. The van der Waals surface area contributed by atoms with Crippen LogP contribution in [0.4, 0.5) is 0 Å². The van der Waals surface area contributed by atoms with E-state index in [-0.39, 0.29) is 17.2 Å². The first-order valence-electron chi connectivity index (χ1n) is 9.90. The normalized spacial score (nSPS) is 14.0. The summed E-state index contributed by atoms with van der Waals surface area (Å²) in [5, 5.41) is 4.22. The smallest absolute Gasteiger partial charge is 0.282 e. The molecule has 5 aromatic rings. The highest BCUT2D eigenvalue weighted by Crippen LogP contribution is 2.31. The van der Waals surface area contributed by atoms with E-state index in [1.165, 1.54) is 33.2 Å². The Morgan fingerprint density at radius 3 is 2.47 bits per heavy atom.